The molecule has 2 rings (SSSR count). The van der Waals surface area contributed by atoms with Crippen molar-refractivity contribution < 1.29 is 9.90 Å². The van der Waals surface area contributed by atoms with E-state index in [-0.39, 0.29) is 4.88 Å². The molecule has 0 radical (unpaired) electrons. The summed E-state index contributed by atoms with van der Waals surface area (Å²) in [5, 5.41) is 9.36. The predicted molar refractivity (Wildman–Crippen MR) is 54.5 cm³/mol. The number of imidazole rings is 1. The largest absolute Gasteiger partial charge is 0.477 e. The Labute approximate surface area is 88.8 Å². The van der Waals surface area contributed by atoms with Gasteiger partial charge in [0.25, 0.3) is 0 Å². The average molecular weight is 231 g/mol. The van der Waals surface area contributed by atoms with Crippen LogP contribution in [0, 0.1) is 13.8 Å². The first-order chi connectivity index (χ1) is 6.52. The summed E-state index contributed by atoms with van der Waals surface area (Å²) in [6, 6.07) is 0. The van der Waals surface area contributed by atoms with Gasteiger partial charge in [-0.15, -0.1) is 0 Å². The summed E-state index contributed by atoms with van der Waals surface area (Å²) in [4.78, 5) is 15.9. The second-order valence-electron chi connectivity index (χ2n) is 2.93. The first-order valence-corrected chi connectivity index (χ1v) is 5.09. The smallest absolute Gasteiger partial charge is 0.347 e. The molecule has 0 aliphatic rings. The van der Waals surface area contributed by atoms with Crippen molar-refractivity contribution in [3.05, 3.63) is 21.4 Å². The van der Waals surface area contributed by atoms with Crippen molar-refractivity contribution in [2.24, 2.45) is 0 Å². The van der Waals surface area contributed by atoms with E-state index in [1.54, 1.807) is 18.2 Å². The van der Waals surface area contributed by atoms with Crippen LogP contribution in [0.1, 0.15) is 21.1 Å². The second kappa shape index (κ2) is 2.96. The van der Waals surface area contributed by atoms with Crippen molar-refractivity contribution in [2.45, 2.75) is 13.8 Å². The maximum Gasteiger partial charge on any atom is 0.347 e. The van der Waals surface area contributed by atoms with Crippen molar-refractivity contribution in [1.29, 1.82) is 0 Å². The first-order valence-electron chi connectivity index (χ1n) is 3.89. The number of hydrogen-bond donors (Lipinski definition) is 1. The quantitative estimate of drug-likeness (QED) is 0.818. The summed E-state index contributed by atoms with van der Waals surface area (Å²) < 4.78 is 1.66. The lowest BCUT2D eigenvalue weighted by molar-refractivity contribution is 0.0701. The Kier molecular flexibility index (Phi) is 2.01. The number of thiazole rings is 1. The van der Waals surface area contributed by atoms with Gasteiger partial charge in [-0.2, -0.15) is 0 Å². The van der Waals surface area contributed by atoms with Gasteiger partial charge in [0.1, 0.15) is 10.0 Å². The molecule has 0 saturated carbocycles. The minimum Gasteiger partial charge on any atom is -0.477 e. The van der Waals surface area contributed by atoms with Gasteiger partial charge < -0.3 is 5.11 Å². The van der Waals surface area contributed by atoms with Crippen molar-refractivity contribution in [1.82, 2.24) is 9.38 Å². The third kappa shape index (κ3) is 1.13. The van der Waals surface area contributed by atoms with E-state index in [1.807, 2.05) is 0 Å². The van der Waals surface area contributed by atoms with E-state index < -0.39 is 5.97 Å². The number of nitrogens with zero attached hydrogens (tertiary/aromatic N) is 2. The molecule has 0 unspecified atom stereocenters. The molecule has 0 aliphatic carbocycles. The van der Waals surface area contributed by atoms with Crippen LogP contribution in [-0.2, 0) is 0 Å². The highest BCUT2D eigenvalue weighted by Crippen LogP contribution is 2.28. The Hall–Kier alpha value is -1.07. The van der Waals surface area contributed by atoms with Crippen molar-refractivity contribution >= 4 is 33.9 Å². The van der Waals surface area contributed by atoms with Crippen LogP contribution in [-0.4, -0.2) is 20.5 Å². The maximum atomic E-state index is 10.8. The number of hydrogen-bond acceptors (Lipinski definition) is 3. The number of rotatable bonds is 1. The highest BCUT2D eigenvalue weighted by Gasteiger charge is 2.18. The number of carbonyl (C=O) groups is 1. The zero-order chi connectivity index (χ0) is 10.5. The van der Waals surface area contributed by atoms with Crippen LogP contribution >= 0.6 is 22.9 Å². The zero-order valence-electron chi connectivity index (χ0n) is 7.54. The highest BCUT2D eigenvalue weighted by molar-refractivity contribution is 7.19. The van der Waals surface area contributed by atoms with E-state index in [2.05, 4.69) is 4.98 Å². The Morgan fingerprint density at radius 2 is 2.21 bits per heavy atom. The Balaban J connectivity index is 2.84. The van der Waals surface area contributed by atoms with E-state index in [0.29, 0.717) is 15.8 Å². The van der Waals surface area contributed by atoms with Gasteiger partial charge in [0, 0.05) is 5.69 Å². The topological polar surface area (TPSA) is 54.6 Å². The van der Waals surface area contributed by atoms with E-state index in [9.17, 15) is 4.79 Å². The molecule has 74 valence electrons. The normalized spacial score (nSPS) is 11.1. The molecule has 14 heavy (non-hydrogen) atoms. The van der Waals surface area contributed by atoms with Gasteiger partial charge in [0.15, 0.2) is 4.96 Å². The van der Waals surface area contributed by atoms with Crippen LogP contribution in [0.2, 0.25) is 5.15 Å². The molecule has 0 spiro atoms. The van der Waals surface area contributed by atoms with Crippen LogP contribution in [0.3, 0.4) is 0 Å². The first kappa shape index (κ1) is 9.48. The summed E-state index contributed by atoms with van der Waals surface area (Å²) in [5.74, 6) is -0.938. The molecule has 0 aromatic carbocycles. The van der Waals surface area contributed by atoms with E-state index >= 15 is 0 Å². The van der Waals surface area contributed by atoms with E-state index in [0.717, 1.165) is 17.0 Å². The van der Waals surface area contributed by atoms with Gasteiger partial charge in [-0.05, 0) is 13.8 Å². The summed E-state index contributed by atoms with van der Waals surface area (Å²) in [7, 11) is 0. The number of halogens is 1. The highest BCUT2D eigenvalue weighted by atomic mass is 35.5. The Bertz CT molecular complexity index is 529. The van der Waals surface area contributed by atoms with Crippen LogP contribution in [0.5, 0.6) is 0 Å². The number of aromatic nitrogens is 2. The summed E-state index contributed by atoms with van der Waals surface area (Å²) in [5.41, 5.74) is 1.35. The molecule has 0 bridgehead atoms. The maximum absolute atomic E-state index is 10.8. The summed E-state index contributed by atoms with van der Waals surface area (Å²) >= 11 is 7.11. The molecule has 0 atom stereocenters. The van der Waals surface area contributed by atoms with Crippen LogP contribution in [0.4, 0.5) is 0 Å². The fraction of sp³-hybridized carbons (Fsp3) is 0.250. The molecule has 6 heteroatoms. The number of aryl methyl sites for hydroxylation is 2. The van der Waals surface area contributed by atoms with Crippen LogP contribution < -0.4 is 0 Å². The average Bonchev–Trinajstić information content (AvgIpc) is 2.54. The van der Waals surface area contributed by atoms with Crippen molar-refractivity contribution in [3.8, 4) is 0 Å². The molecule has 2 heterocycles. The zero-order valence-corrected chi connectivity index (χ0v) is 9.11. The molecule has 0 fully saturated rings. The monoisotopic (exact) mass is 230 g/mol. The molecular formula is C8H7ClN2O2S. The molecule has 0 saturated heterocycles. The molecule has 4 nitrogen and oxygen atoms in total. The van der Waals surface area contributed by atoms with Gasteiger partial charge in [-0.1, -0.05) is 22.9 Å². The SMILES string of the molecule is Cc1nc2sc(C(=O)O)c(C)n2c1Cl. The number of fused-ring (bicyclic) bond motifs is 1. The fourth-order valence-corrected chi connectivity index (χ4v) is 2.62. The van der Waals surface area contributed by atoms with Gasteiger partial charge in [0.05, 0.1) is 5.69 Å². The molecule has 0 amide bonds. The predicted octanol–water partition coefficient (Wildman–Crippen LogP) is 2.36. The standard InChI is InChI=1S/C8H7ClN2O2S/c1-3-6(9)11-4(2)5(7(12)13)14-8(11)10-3/h1-2H3,(H,12,13). The van der Waals surface area contributed by atoms with E-state index in [4.69, 9.17) is 16.7 Å². The molecular weight excluding hydrogens is 224 g/mol. The van der Waals surface area contributed by atoms with Crippen molar-refractivity contribution in [2.75, 3.05) is 0 Å². The Morgan fingerprint density at radius 3 is 2.71 bits per heavy atom. The van der Waals surface area contributed by atoms with Crippen LogP contribution in [0.15, 0.2) is 0 Å². The lowest BCUT2D eigenvalue weighted by Crippen LogP contribution is -1.96. The molecule has 0 aliphatic heterocycles. The lowest BCUT2D eigenvalue weighted by atomic mass is 10.4. The van der Waals surface area contributed by atoms with Crippen molar-refractivity contribution in [3.63, 3.8) is 0 Å². The molecule has 1 N–H and O–H groups in total. The fourth-order valence-electron chi connectivity index (χ4n) is 1.31. The summed E-state index contributed by atoms with van der Waals surface area (Å²) in [6.45, 7) is 3.52. The second-order valence-corrected chi connectivity index (χ2v) is 4.26. The lowest BCUT2D eigenvalue weighted by Gasteiger charge is -1.93. The minimum absolute atomic E-state index is 0.286. The molecule has 2 aromatic rings. The number of aromatic carboxylic acids is 1. The van der Waals surface area contributed by atoms with Gasteiger partial charge >= 0.3 is 5.97 Å². The van der Waals surface area contributed by atoms with Gasteiger partial charge in [0.2, 0.25) is 0 Å². The van der Waals surface area contributed by atoms with Gasteiger partial charge in [-0.25, -0.2) is 9.78 Å². The molecule has 2 aromatic heterocycles. The summed E-state index contributed by atoms with van der Waals surface area (Å²) in [6.07, 6.45) is 0. The number of carboxylic acids is 1. The third-order valence-corrected chi connectivity index (χ3v) is 3.57. The minimum atomic E-state index is -0.938. The third-order valence-electron chi connectivity index (χ3n) is 2.00. The number of carboxylic acid groups (broad SMARTS) is 1. The van der Waals surface area contributed by atoms with Gasteiger partial charge in [-0.3, -0.25) is 4.40 Å². The van der Waals surface area contributed by atoms with Crippen LogP contribution in [0.25, 0.3) is 4.96 Å². The Morgan fingerprint density at radius 1 is 1.57 bits per heavy atom. The van der Waals surface area contributed by atoms with E-state index in [1.165, 1.54) is 0 Å².